The molecule has 130 valence electrons. The van der Waals surface area contributed by atoms with Crippen LogP contribution in [-0.2, 0) is 17.8 Å². The monoisotopic (exact) mass is 344 g/mol. The summed E-state index contributed by atoms with van der Waals surface area (Å²) in [5.41, 5.74) is 9.77. The van der Waals surface area contributed by atoms with Crippen molar-refractivity contribution in [3.63, 3.8) is 0 Å². The molecule has 0 atom stereocenters. The molecule has 26 heavy (non-hydrogen) atoms. The van der Waals surface area contributed by atoms with E-state index in [1.54, 1.807) is 18.2 Å². The molecule has 0 bridgehead atoms. The van der Waals surface area contributed by atoms with Crippen molar-refractivity contribution in [2.24, 2.45) is 5.73 Å². The maximum atomic E-state index is 12.2. The van der Waals surface area contributed by atoms with E-state index in [9.17, 15) is 9.59 Å². The minimum Gasteiger partial charge on any atom is -0.366 e. The number of benzene rings is 3. The minimum absolute atomic E-state index is 0.0676. The number of hydrogen-bond acceptors (Lipinski definition) is 2. The number of carbonyl (C=O) groups excluding carboxylic acids is 2. The molecule has 4 heteroatoms. The van der Waals surface area contributed by atoms with Crippen LogP contribution in [-0.4, -0.2) is 11.8 Å². The van der Waals surface area contributed by atoms with Crippen LogP contribution in [0.2, 0.25) is 0 Å². The molecule has 2 amide bonds. The van der Waals surface area contributed by atoms with Crippen LogP contribution in [0, 0.1) is 0 Å². The van der Waals surface area contributed by atoms with Crippen LogP contribution in [0.25, 0.3) is 11.1 Å². The van der Waals surface area contributed by atoms with Gasteiger partial charge in [0.15, 0.2) is 0 Å². The van der Waals surface area contributed by atoms with Gasteiger partial charge in [-0.05, 0) is 34.4 Å². The van der Waals surface area contributed by atoms with Crippen molar-refractivity contribution < 1.29 is 9.59 Å². The summed E-state index contributed by atoms with van der Waals surface area (Å²) >= 11 is 0. The van der Waals surface area contributed by atoms with Crippen molar-refractivity contribution in [1.82, 2.24) is 5.32 Å². The standard InChI is InChI=1S/C22H20N2O2/c23-22(26)20-8-4-5-17(13-20)15-24-21(25)14-16-9-11-19(12-10-16)18-6-2-1-3-7-18/h1-13H,14-15H2,(H2,23,26)(H,24,25). The highest BCUT2D eigenvalue weighted by Gasteiger charge is 2.06. The van der Waals surface area contributed by atoms with Gasteiger partial charge in [-0.15, -0.1) is 0 Å². The molecule has 0 heterocycles. The molecule has 4 nitrogen and oxygen atoms in total. The van der Waals surface area contributed by atoms with Gasteiger partial charge in [0.2, 0.25) is 11.8 Å². The second kappa shape index (κ2) is 8.12. The van der Waals surface area contributed by atoms with Crippen LogP contribution >= 0.6 is 0 Å². The molecule has 0 aliphatic heterocycles. The van der Waals surface area contributed by atoms with E-state index in [2.05, 4.69) is 17.4 Å². The SMILES string of the molecule is NC(=O)c1cccc(CNC(=O)Cc2ccc(-c3ccccc3)cc2)c1. The summed E-state index contributed by atoms with van der Waals surface area (Å²) in [4.78, 5) is 23.4. The Bertz CT molecular complexity index is 903. The van der Waals surface area contributed by atoms with Crippen molar-refractivity contribution in [2.45, 2.75) is 13.0 Å². The quantitative estimate of drug-likeness (QED) is 0.720. The molecule has 0 spiro atoms. The van der Waals surface area contributed by atoms with Crippen LogP contribution in [0.15, 0.2) is 78.9 Å². The predicted molar refractivity (Wildman–Crippen MR) is 102 cm³/mol. The molecule has 3 aromatic rings. The first-order valence-corrected chi connectivity index (χ1v) is 8.41. The predicted octanol–water partition coefficient (Wildman–Crippen LogP) is 3.31. The molecule has 0 aliphatic rings. The van der Waals surface area contributed by atoms with Gasteiger partial charge >= 0.3 is 0 Å². The Hall–Kier alpha value is -3.40. The van der Waals surface area contributed by atoms with Gasteiger partial charge in [-0.3, -0.25) is 9.59 Å². The highest BCUT2D eigenvalue weighted by atomic mass is 16.1. The van der Waals surface area contributed by atoms with Crippen molar-refractivity contribution in [1.29, 1.82) is 0 Å². The van der Waals surface area contributed by atoms with E-state index in [-0.39, 0.29) is 5.91 Å². The van der Waals surface area contributed by atoms with Crippen LogP contribution in [0.5, 0.6) is 0 Å². The van der Waals surface area contributed by atoms with Crippen molar-refractivity contribution in [3.8, 4) is 11.1 Å². The molecule has 3 rings (SSSR count). The lowest BCUT2D eigenvalue weighted by Gasteiger charge is -2.07. The molecule has 0 unspecified atom stereocenters. The Morgan fingerprint density at radius 2 is 1.46 bits per heavy atom. The molecule has 3 N–H and O–H groups in total. The number of primary amides is 1. The fourth-order valence-electron chi connectivity index (χ4n) is 2.73. The zero-order valence-corrected chi connectivity index (χ0v) is 14.3. The maximum Gasteiger partial charge on any atom is 0.248 e. The van der Waals surface area contributed by atoms with Crippen LogP contribution in [0.1, 0.15) is 21.5 Å². The Morgan fingerprint density at radius 1 is 0.769 bits per heavy atom. The first kappa shape index (κ1) is 17.4. The van der Waals surface area contributed by atoms with Gasteiger partial charge in [0, 0.05) is 12.1 Å². The average Bonchev–Trinajstić information content (AvgIpc) is 2.68. The van der Waals surface area contributed by atoms with Gasteiger partial charge in [0.1, 0.15) is 0 Å². The topological polar surface area (TPSA) is 72.2 Å². The van der Waals surface area contributed by atoms with E-state index >= 15 is 0 Å². The van der Waals surface area contributed by atoms with Crippen molar-refractivity contribution in [3.05, 3.63) is 95.6 Å². The fraction of sp³-hybridized carbons (Fsp3) is 0.0909. The number of nitrogens with two attached hydrogens (primary N) is 1. The van der Waals surface area contributed by atoms with E-state index in [1.807, 2.05) is 48.5 Å². The molecule has 0 saturated carbocycles. The third-order valence-electron chi connectivity index (χ3n) is 4.13. The summed E-state index contributed by atoms with van der Waals surface area (Å²) in [6.07, 6.45) is 0.310. The Labute approximate surface area is 152 Å². The molecule has 0 aromatic heterocycles. The van der Waals surface area contributed by atoms with Gasteiger partial charge < -0.3 is 11.1 Å². The molecular weight excluding hydrogens is 324 g/mol. The lowest BCUT2D eigenvalue weighted by Crippen LogP contribution is -2.24. The van der Waals surface area contributed by atoms with E-state index in [1.165, 1.54) is 0 Å². The van der Waals surface area contributed by atoms with E-state index in [0.29, 0.717) is 18.5 Å². The Kier molecular flexibility index (Phi) is 5.44. The summed E-state index contributed by atoms with van der Waals surface area (Å²) in [5, 5.41) is 2.87. The zero-order valence-electron chi connectivity index (χ0n) is 14.3. The number of hydrogen-bond donors (Lipinski definition) is 2. The fourth-order valence-corrected chi connectivity index (χ4v) is 2.73. The van der Waals surface area contributed by atoms with Gasteiger partial charge in [-0.1, -0.05) is 66.7 Å². The molecule has 0 aliphatic carbocycles. The van der Waals surface area contributed by atoms with E-state index in [4.69, 9.17) is 5.73 Å². The second-order valence-electron chi connectivity index (χ2n) is 6.08. The Balaban J connectivity index is 1.57. The first-order valence-electron chi connectivity index (χ1n) is 8.41. The van der Waals surface area contributed by atoms with Gasteiger partial charge in [-0.25, -0.2) is 0 Å². The normalized spacial score (nSPS) is 10.3. The first-order chi connectivity index (χ1) is 12.6. The zero-order chi connectivity index (χ0) is 18.4. The molecular formula is C22H20N2O2. The molecule has 3 aromatic carbocycles. The highest BCUT2D eigenvalue weighted by molar-refractivity contribution is 5.92. The smallest absolute Gasteiger partial charge is 0.248 e. The van der Waals surface area contributed by atoms with Gasteiger partial charge in [0.05, 0.1) is 6.42 Å². The average molecular weight is 344 g/mol. The molecule has 0 saturated heterocycles. The lowest BCUT2D eigenvalue weighted by atomic mass is 10.0. The van der Waals surface area contributed by atoms with Crippen molar-refractivity contribution in [2.75, 3.05) is 0 Å². The third-order valence-corrected chi connectivity index (χ3v) is 4.13. The number of rotatable bonds is 6. The van der Waals surface area contributed by atoms with E-state index < -0.39 is 5.91 Å². The molecule has 0 fully saturated rings. The van der Waals surface area contributed by atoms with Crippen LogP contribution < -0.4 is 11.1 Å². The summed E-state index contributed by atoms with van der Waals surface area (Å²) in [6, 6.07) is 25.0. The van der Waals surface area contributed by atoms with Crippen LogP contribution in [0.3, 0.4) is 0 Å². The minimum atomic E-state index is -0.475. The largest absolute Gasteiger partial charge is 0.366 e. The highest BCUT2D eigenvalue weighted by Crippen LogP contribution is 2.19. The summed E-state index contributed by atoms with van der Waals surface area (Å²) in [5.74, 6) is -0.543. The summed E-state index contributed by atoms with van der Waals surface area (Å²) in [6.45, 7) is 0.363. The number of nitrogens with one attached hydrogen (secondary N) is 1. The maximum absolute atomic E-state index is 12.2. The third kappa shape index (κ3) is 4.57. The van der Waals surface area contributed by atoms with Gasteiger partial charge in [-0.2, -0.15) is 0 Å². The molecule has 0 radical (unpaired) electrons. The lowest BCUT2D eigenvalue weighted by molar-refractivity contribution is -0.120. The second-order valence-corrected chi connectivity index (χ2v) is 6.08. The van der Waals surface area contributed by atoms with E-state index in [0.717, 1.165) is 22.3 Å². The summed E-state index contributed by atoms with van der Waals surface area (Å²) in [7, 11) is 0. The number of carbonyl (C=O) groups is 2. The number of amides is 2. The van der Waals surface area contributed by atoms with Crippen LogP contribution in [0.4, 0.5) is 0 Å². The summed E-state index contributed by atoms with van der Waals surface area (Å²) < 4.78 is 0. The Morgan fingerprint density at radius 3 is 2.15 bits per heavy atom. The van der Waals surface area contributed by atoms with Gasteiger partial charge in [0.25, 0.3) is 0 Å². The van der Waals surface area contributed by atoms with Crippen molar-refractivity contribution >= 4 is 11.8 Å².